The number of nitrogens with zero attached hydrogens (tertiary/aromatic N) is 5. The molecule has 0 saturated heterocycles. The van der Waals surface area contributed by atoms with E-state index in [0.717, 1.165) is 0 Å². The van der Waals surface area contributed by atoms with Crippen molar-refractivity contribution in [3.63, 3.8) is 0 Å². The molecular weight excluding hydrogens is 427 g/mol. The van der Waals surface area contributed by atoms with Crippen LogP contribution < -0.4 is 15.2 Å². The maximum atomic E-state index is 14.2. The van der Waals surface area contributed by atoms with E-state index >= 15 is 0 Å². The van der Waals surface area contributed by atoms with E-state index in [2.05, 4.69) is 16.2 Å². The predicted molar refractivity (Wildman–Crippen MR) is 118 cm³/mol. The van der Waals surface area contributed by atoms with E-state index in [-0.39, 0.29) is 41.0 Å². The number of aryl methyl sites for hydroxylation is 1. The van der Waals surface area contributed by atoms with Gasteiger partial charge in [-0.25, -0.2) is 9.37 Å². The number of pyridine rings is 1. The van der Waals surface area contributed by atoms with Crippen LogP contribution in [0, 0.1) is 17.1 Å². The fourth-order valence-corrected chi connectivity index (χ4v) is 3.82. The number of hydrogen-bond donors (Lipinski definition) is 1. The van der Waals surface area contributed by atoms with E-state index in [1.54, 1.807) is 39.0 Å². The monoisotopic (exact) mass is 450 g/mol. The highest BCUT2D eigenvalue weighted by Crippen LogP contribution is 2.38. The molecule has 2 atom stereocenters. The van der Waals surface area contributed by atoms with Crippen molar-refractivity contribution in [3.8, 4) is 28.8 Å². The third kappa shape index (κ3) is 4.10. The van der Waals surface area contributed by atoms with Crippen LogP contribution in [0.4, 0.5) is 10.2 Å². The number of nitriles is 1. The molecule has 0 spiro atoms. The van der Waals surface area contributed by atoms with Gasteiger partial charge in [0.2, 0.25) is 11.7 Å². The van der Waals surface area contributed by atoms with Crippen LogP contribution in [0.2, 0.25) is 0 Å². The third-order valence-corrected chi connectivity index (χ3v) is 5.39. The van der Waals surface area contributed by atoms with Crippen molar-refractivity contribution < 1.29 is 18.7 Å². The lowest BCUT2D eigenvalue weighted by Gasteiger charge is -2.25. The molecule has 1 aliphatic rings. The first-order chi connectivity index (χ1) is 15.7. The zero-order valence-electron chi connectivity index (χ0n) is 18.7. The lowest BCUT2D eigenvalue weighted by molar-refractivity contribution is 0.0729. The molecule has 2 unspecified atom stereocenters. The number of anilines is 1. The smallest absolute Gasteiger partial charge is 0.243 e. The number of carbonyl (C=O) groups is 1. The Morgan fingerprint density at radius 2 is 2.06 bits per heavy atom. The summed E-state index contributed by atoms with van der Waals surface area (Å²) in [5.41, 5.74) is 7.74. The van der Waals surface area contributed by atoms with Gasteiger partial charge in [-0.05, 0) is 45.3 Å². The second-order valence-corrected chi connectivity index (χ2v) is 8.10. The summed E-state index contributed by atoms with van der Waals surface area (Å²) in [5.74, 6) is -0.419. The van der Waals surface area contributed by atoms with Crippen molar-refractivity contribution >= 4 is 11.6 Å². The molecule has 1 aliphatic heterocycles. The van der Waals surface area contributed by atoms with Crippen LogP contribution in [0.3, 0.4) is 0 Å². The van der Waals surface area contributed by atoms with E-state index in [1.165, 1.54) is 29.1 Å². The van der Waals surface area contributed by atoms with Gasteiger partial charge in [0.05, 0.1) is 5.56 Å². The SMILES string of the molecule is CC1Oc2cc(cnc2N)-c2c(nn(C)c2C#N)OC(CN(C)C)C(=O)c2ccc(F)cc21. The van der Waals surface area contributed by atoms with Gasteiger partial charge in [0, 0.05) is 36.5 Å². The highest BCUT2D eigenvalue weighted by atomic mass is 19.1. The fourth-order valence-electron chi connectivity index (χ4n) is 3.82. The molecule has 4 rings (SSSR count). The maximum Gasteiger partial charge on any atom is 0.243 e. The average Bonchev–Trinajstić information content (AvgIpc) is 3.08. The molecule has 0 fully saturated rings. The first-order valence-corrected chi connectivity index (χ1v) is 10.2. The van der Waals surface area contributed by atoms with Gasteiger partial charge in [-0.2, -0.15) is 5.26 Å². The van der Waals surface area contributed by atoms with Crippen LogP contribution in [0.25, 0.3) is 11.1 Å². The Hall–Kier alpha value is -3.97. The number of Topliss-reactive ketones (excluding diaryl/α,β-unsaturated/α-hetero) is 1. The normalized spacial score (nSPS) is 17.7. The molecule has 10 heteroatoms. The van der Waals surface area contributed by atoms with Crippen molar-refractivity contribution in [2.45, 2.75) is 19.1 Å². The third-order valence-electron chi connectivity index (χ3n) is 5.39. The Balaban J connectivity index is 1.99. The van der Waals surface area contributed by atoms with Crippen LogP contribution >= 0.6 is 0 Å². The van der Waals surface area contributed by atoms with Crippen molar-refractivity contribution in [3.05, 3.63) is 53.1 Å². The van der Waals surface area contributed by atoms with Gasteiger partial charge in [-0.3, -0.25) is 9.48 Å². The molecule has 3 heterocycles. The molecule has 0 aliphatic carbocycles. The summed E-state index contributed by atoms with van der Waals surface area (Å²) in [6, 6.07) is 7.66. The first kappa shape index (κ1) is 22.2. The minimum atomic E-state index is -0.975. The summed E-state index contributed by atoms with van der Waals surface area (Å²) in [6.07, 6.45) is -0.209. The number of ether oxygens (including phenoxy) is 2. The van der Waals surface area contributed by atoms with Gasteiger partial charge in [0.25, 0.3) is 0 Å². The Kier molecular flexibility index (Phi) is 5.74. The van der Waals surface area contributed by atoms with Gasteiger partial charge in [0.1, 0.15) is 23.7 Å². The quantitative estimate of drug-likeness (QED) is 0.633. The van der Waals surface area contributed by atoms with Crippen molar-refractivity contribution in [2.24, 2.45) is 7.05 Å². The van der Waals surface area contributed by atoms with E-state index in [0.29, 0.717) is 16.7 Å². The standard InChI is InChI=1S/C23H23FN6O3/c1-12-16-8-14(24)5-6-15(16)21(31)19(11-29(2)3)33-23-20(17(9-25)30(4)28-23)13-7-18(32-12)22(26)27-10-13/h5-8,10,12,19H,11H2,1-4H3,(H2,26,27). The largest absolute Gasteiger partial charge is 0.482 e. The summed E-state index contributed by atoms with van der Waals surface area (Å²) in [5, 5.41) is 14.1. The van der Waals surface area contributed by atoms with E-state index in [9.17, 15) is 14.4 Å². The zero-order valence-corrected chi connectivity index (χ0v) is 18.7. The van der Waals surface area contributed by atoms with Gasteiger partial charge in [-0.15, -0.1) is 5.10 Å². The number of nitrogen functional groups attached to an aromatic ring is 1. The number of rotatable bonds is 2. The highest BCUT2D eigenvalue weighted by molar-refractivity contribution is 6.01. The molecule has 2 bridgehead atoms. The minimum Gasteiger partial charge on any atom is -0.482 e. The van der Waals surface area contributed by atoms with Crippen LogP contribution in [-0.4, -0.2) is 52.2 Å². The van der Waals surface area contributed by atoms with Gasteiger partial charge in [0.15, 0.2) is 17.7 Å². The summed E-state index contributed by atoms with van der Waals surface area (Å²) >= 11 is 0. The summed E-state index contributed by atoms with van der Waals surface area (Å²) in [7, 11) is 5.22. The lowest BCUT2D eigenvalue weighted by atomic mass is 9.96. The molecule has 2 aromatic heterocycles. The average molecular weight is 450 g/mol. The number of likely N-dealkylation sites (N-methyl/N-ethyl adjacent to an activating group) is 1. The Morgan fingerprint density at radius 1 is 1.30 bits per heavy atom. The van der Waals surface area contributed by atoms with E-state index in [4.69, 9.17) is 15.2 Å². The second-order valence-electron chi connectivity index (χ2n) is 8.10. The maximum absolute atomic E-state index is 14.2. The topological polar surface area (TPSA) is 119 Å². The molecule has 170 valence electrons. The summed E-state index contributed by atoms with van der Waals surface area (Å²) in [4.78, 5) is 19.6. The second kappa shape index (κ2) is 8.52. The summed E-state index contributed by atoms with van der Waals surface area (Å²) in [6.45, 7) is 1.93. The van der Waals surface area contributed by atoms with Gasteiger partial charge >= 0.3 is 0 Å². The van der Waals surface area contributed by atoms with Crippen molar-refractivity contribution in [2.75, 3.05) is 26.4 Å². The van der Waals surface area contributed by atoms with E-state index < -0.39 is 18.0 Å². The molecule has 0 saturated carbocycles. The number of aromatic nitrogens is 3. The number of nitrogens with two attached hydrogens (primary N) is 1. The molecule has 9 nitrogen and oxygen atoms in total. The Morgan fingerprint density at radius 3 is 2.76 bits per heavy atom. The van der Waals surface area contributed by atoms with Crippen molar-refractivity contribution in [1.82, 2.24) is 19.7 Å². The number of ketones is 1. The van der Waals surface area contributed by atoms with E-state index in [1.807, 2.05) is 0 Å². The summed E-state index contributed by atoms with van der Waals surface area (Å²) < 4.78 is 27.7. The predicted octanol–water partition coefficient (Wildman–Crippen LogP) is 2.72. The van der Waals surface area contributed by atoms with Gasteiger partial charge in [-0.1, -0.05) is 0 Å². The molecule has 0 radical (unpaired) electrons. The van der Waals surface area contributed by atoms with Crippen LogP contribution in [0.1, 0.15) is 34.6 Å². The molecule has 1 aromatic carbocycles. The molecule has 3 aromatic rings. The van der Waals surface area contributed by atoms with Crippen LogP contribution in [0.15, 0.2) is 30.5 Å². The fraction of sp³-hybridized carbons (Fsp3) is 0.304. The molecule has 0 amide bonds. The Labute approximate surface area is 190 Å². The number of carbonyl (C=O) groups excluding carboxylic acids is 1. The highest BCUT2D eigenvalue weighted by Gasteiger charge is 2.31. The number of fused-ring (bicyclic) bond motifs is 5. The zero-order chi connectivity index (χ0) is 23.9. The molecule has 2 N–H and O–H groups in total. The van der Waals surface area contributed by atoms with Crippen LogP contribution in [0.5, 0.6) is 11.6 Å². The van der Waals surface area contributed by atoms with Crippen molar-refractivity contribution in [1.29, 1.82) is 5.26 Å². The first-order valence-electron chi connectivity index (χ1n) is 10.2. The molecule has 33 heavy (non-hydrogen) atoms. The molecular formula is C23H23FN6O3. The number of benzene rings is 1. The number of halogens is 1. The lowest BCUT2D eigenvalue weighted by Crippen LogP contribution is -2.38. The van der Waals surface area contributed by atoms with Gasteiger partial charge < -0.3 is 20.1 Å². The minimum absolute atomic E-state index is 0.101. The number of hydrogen-bond acceptors (Lipinski definition) is 8. The Bertz CT molecular complexity index is 1280. The van der Waals surface area contributed by atoms with Crippen LogP contribution in [-0.2, 0) is 7.05 Å².